The lowest BCUT2D eigenvalue weighted by molar-refractivity contribution is 0.545. The van der Waals surface area contributed by atoms with Crippen molar-refractivity contribution in [3.63, 3.8) is 0 Å². The molecular weight excluding hydrogens is 268 g/mol. The molecular formula is C15H22N4S. The summed E-state index contributed by atoms with van der Waals surface area (Å²) >= 11 is 1.68. The van der Waals surface area contributed by atoms with E-state index in [0.29, 0.717) is 0 Å². The number of hydrogen-bond acceptors (Lipinski definition) is 5. The molecule has 108 valence electrons. The van der Waals surface area contributed by atoms with Gasteiger partial charge in [0, 0.05) is 20.1 Å². The molecule has 0 unspecified atom stereocenters. The highest BCUT2D eigenvalue weighted by Crippen LogP contribution is 2.31. The third kappa shape index (κ3) is 2.73. The third-order valence-electron chi connectivity index (χ3n) is 4.01. The number of rotatable bonds is 5. The van der Waals surface area contributed by atoms with Crippen molar-refractivity contribution in [1.82, 2.24) is 9.97 Å². The molecule has 1 saturated carbocycles. The Hall–Kier alpha value is -1.36. The summed E-state index contributed by atoms with van der Waals surface area (Å²) in [7, 11) is 2.16. The molecule has 0 aromatic carbocycles. The molecule has 1 aliphatic carbocycles. The lowest BCUT2D eigenvalue weighted by Gasteiger charge is -2.23. The molecule has 0 aliphatic heterocycles. The second-order valence-corrected chi connectivity index (χ2v) is 6.47. The van der Waals surface area contributed by atoms with E-state index in [1.165, 1.54) is 31.1 Å². The average molecular weight is 290 g/mol. The standard InChI is InChI=1S/C15H22N4S/c1-3-16-15-17-13(12-8-9-20-14(12)18-15)19(2)10-11-6-4-5-7-11/h8-9,11H,3-7,10H2,1-2H3,(H,16,17,18). The van der Waals surface area contributed by atoms with Gasteiger partial charge in [0.15, 0.2) is 0 Å². The van der Waals surface area contributed by atoms with Crippen molar-refractivity contribution < 1.29 is 0 Å². The van der Waals surface area contributed by atoms with E-state index in [2.05, 4.69) is 40.6 Å². The summed E-state index contributed by atoms with van der Waals surface area (Å²) < 4.78 is 0. The number of thiophene rings is 1. The van der Waals surface area contributed by atoms with E-state index in [9.17, 15) is 0 Å². The van der Waals surface area contributed by atoms with Gasteiger partial charge < -0.3 is 10.2 Å². The lowest BCUT2D eigenvalue weighted by Crippen LogP contribution is -2.25. The number of nitrogens with one attached hydrogen (secondary N) is 1. The smallest absolute Gasteiger partial charge is 0.226 e. The molecule has 1 N–H and O–H groups in total. The van der Waals surface area contributed by atoms with Gasteiger partial charge in [-0.05, 0) is 37.1 Å². The predicted octanol–water partition coefficient (Wildman–Crippen LogP) is 3.75. The van der Waals surface area contributed by atoms with Gasteiger partial charge in [-0.1, -0.05) is 12.8 Å². The normalized spacial score (nSPS) is 15.9. The van der Waals surface area contributed by atoms with Crippen molar-refractivity contribution in [2.45, 2.75) is 32.6 Å². The van der Waals surface area contributed by atoms with E-state index in [1.807, 2.05) is 0 Å². The minimum Gasteiger partial charge on any atom is -0.359 e. The molecule has 1 fully saturated rings. The van der Waals surface area contributed by atoms with Crippen LogP contribution in [0.4, 0.5) is 11.8 Å². The maximum absolute atomic E-state index is 4.72. The quantitative estimate of drug-likeness (QED) is 0.910. The fourth-order valence-electron chi connectivity index (χ4n) is 3.03. The molecule has 1 aliphatic rings. The van der Waals surface area contributed by atoms with Gasteiger partial charge in [-0.3, -0.25) is 0 Å². The van der Waals surface area contributed by atoms with Gasteiger partial charge in [0.2, 0.25) is 5.95 Å². The first-order valence-corrected chi connectivity index (χ1v) is 8.36. The van der Waals surface area contributed by atoms with Gasteiger partial charge in [0.25, 0.3) is 0 Å². The van der Waals surface area contributed by atoms with Crippen LogP contribution in [0.1, 0.15) is 32.6 Å². The van der Waals surface area contributed by atoms with E-state index >= 15 is 0 Å². The summed E-state index contributed by atoms with van der Waals surface area (Å²) in [6.07, 6.45) is 5.50. The van der Waals surface area contributed by atoms with Crippen LogP contribution in [0.3, 0.4) is 0 Å². The van der Waals surface area contributed by atoms with Crippen molar-refractivity contribution in [2.24, 2.45) is 5.92 Å². The molecule has 4 nitrogen and oxygen atoms in total. The highest BCUT2D eigenvalue weighted by Gasteiger charge is 2.19. The van der Waals surface area contributed by atoms with Gasteiger partial charge in [-0.25, -0.2) is 4.98 Å². The van der Waals surface area contributed by atoms with Gasteiger partial charge in [-0.2, -0.15) is 4.98 Å². The molecule has 2 aromatic heterocycles. The van der Waals surface area contributed by atoms with Crippen LogP contribution < -0.4 is 10.2 Å². The van der Waals surface area contributed by atoms with E-state index in [4.69, 9.17) is 4.98 Å². The Morgan fingerprint density at radius 2 is 2.15 bits per heavy atom. The zero-order chi connectivity index (χ0) is 13.9. The molecule has 3 rings (SSSR count). The van der Waals surface area contributed by atoms with Crippen LogP contribution in [0.2, 0.25) is 0 Å². The first kappa shape index (κ1) is 13.6. The predicted molar refractivity (Wildman–Crippen MR) is 86.8 cm³/mol. The molecule has 2 heterocycles. The highest BCUT2D eigenvalue weighted by atomic mass is 32.1. The van der Waals surface area contributed by atoms with Gasteiger partial charge in [-0.15, -0.1) is 11.3 Å². The zero-order valence-corrected chi connectivity index (χ0v) is 13.0. The lowest BCUT2D eigenvalue weighted by atomic mass is 10.1. The number of aromatic nitrogens is 2. The van der Waals surface area contributed by atoms with Crippen LogP contribution in [-0.2, 0) is 0 Å². The van der Waals surface area contributed by atoms with E-state index in [0.717, 1.165) is 35.6 Å². The Morgan fingerprint density at radius 1 is 1.35 bits per heavy atom. The first-order chi connectivity index (χ1) is 9.78. The number of anilines is 2. The van der Waals surface area contributed by atoms with E-state index in [1.54, 1.807) is 11.3 Å². The molecule has 20 heavy (non-hydrogen) atoms. The number of fused-ring (bicyclic) bond motifs is 1. The maximum atomic E-state index is 4.72. The monoisotopic (exact) mass is 290 g/mol. The SMILES string of the molecule is CCNc1nc(N(C)CC2CCCC2)c2ccsc2n1. The van der Waals surface area contributed by atoms with Crippen molar-refractivity contribution in [3.05, 3.63) is 11.4 Å². The molecule has 0 spiro atoms. The minimum atomic E-state index is 0.746. The van der Waals surface area contributed by atoms with Crippen LogP contribution in [0.15, 0.2) is 11.4 Å². The fraction of sp³-hybridized carbons (Fsp3) is 0.600. The van der Waals surface area contributed by atoms with E-state index < -0.39 is 0 Å². The second kappa shape index (κ2) is 5.95. The summed E-state index contributed by atoms with van der Waals surface area (Å²) in [5, 5.41) is 6.51. The second-order valence-electron chi connectivity index (χ2n) is 5.57. The van der Waals surface area contributed by atoms with Crippen LogP contribution in [0.25, 0.3) is 10.2 Å². The molecule has 0 amide bonds. The molecule has 0 radical (unpaired) electrons. The van der Waals surface area contributed by atoms with E-state index in [-0.39, 0.29) is 0 Å². The van der Waals surface area contributed by atoms with Crippen molar-refractivity contribution >= 4 is 33.3 Å². The summed E-state index contributed by atoms with van der Waals surface area (Å²) in [4.78, 5) is 12.7. The summed E-state index contributed by atoms with van der Waals surface area (Å²) in [5.74, 6) is 2.64. The molecule has 5 heteroatoms. The average Bonchev–Trinajstić information content (AvgIpc) is 3.08. The summed E-state index contributed by atoms with van der Waals surface area (Å²) in [6, 6.07) is 2.14. The number of hydrogen-bond donors (Lipinski definition) is 1. The molecule has 2 aromatic rings. The van der Waals surface area contributed by atoms with Crippen LogP contribution in [0, 0.1) is 5.92 Å². The van der Waals surface area contributed by atoms with Gasteiger partial charge in [0.1, 0.15) is 10.6 Å². The Balaban J connectivity index is 1.89. The number of nitrogens with zero attached hydrogens (tertiary/aromatic N) is 3. The van der Waals surface area contributed by atoms with Crippen LogP contribution in [-0.4, -0.2) is 30.1 Å². The third-order valence-corrected chi connectivity index (χ3v) is 4.81. The maximum Gasteiger partial charge on any atom is 0.226 e. The Bertz CT molecular complexity index is 574. The van der Waals surface area contributed by atoms with Crippen molar-refractivity contribution in [1.29, 1.82) is 0 Å². The topological polar surface area (TPSA) is 41.1 Å². The molecule has 0 bridgehead atoms. The van der Waals surface area contributed by atoms with Crippen molar-refractivity contribution in [3.8, 4) is 0 Å². The van der Waals surface area contributed by atoms with Gasteiger partial charge in [0.05, 0.1) is 5.39 Å². The van der Waals surface area contributed by atoms with Gasteiger partial charge >= 0.3 is 0 Å². The fourth-order valence-corrected chi connectivity index (χ4v) is 3.79. The first-order valence-electron chi connectivity index (χ1n) is 7.48. The largest absolute Gasteiger partial charge is 0.359 e. The van der Waals surface area contributed by atoms with Crippen molar-refractivity contribution in [2.75, 3.05) is 30.4 Å². The zero-order valence-electron chi connectivity index (χ0n) is 12.2. The summed E-state index contributed by atoms with van der Waals surface area (Å²) in [6.45, 7) is 4.03. The Morgan fingerprint density at radius 3 is 2.90 bits per heavy atom. The Kier molecular flexibility index (Phi) is 4.05. The van der Waals surface area contributed by atoms with Crippen LogP contribution in [0.5, 0.6) is 0 Å². The minimum absolute atomic E-state index is 0.746. The Labute approximate surface area is 124 Å². The molecule has 0 atom stereocenters. The summed E-state index contributed by atoms with van der Waals surface area (Å²) in [5.41, 5.74) is 0. The molecule has 0 saturated heterocycles. The highest BCUT2D eigenvalue weighted by molar-refractivity contribution is 7.16. The van der Waals surface area contributed by atoms with Crippen LogP contribution >= 0.6 is 11.3 Å².